The topological polar surface area (TPSA) is 36.4 Å². The Morgan fingerprint density at radius 2 is 1.72 bits per heavy atom. The summed E-state index contributed by atoms with van der Waals surface area (Å²) in [5.41, 5.74) is 3.81. The van der Waals surface area contributed by atoms with Gasteiger partial charge < -0.3 is 5.11 Å². The zero-order valence-electron chi connectivity index (χ0n) is 15.2. The van der Waals surface area contributed by atoms with Gasteiger partial charge in [0.2, 0.25) is 0 Å². The Kier molecular flexibility index (Phi) is 5.47. The van der Waals surface area contributed by atoms with Gasteiger partial charge in [0, 0.05) is 29.1 Å². The Balaban J connectivity index is 2.00. The largest absolute Gasteiger partial charge is 0.387 e. The summed E-state index contributed by atoms with van der Waals surface area (Å²) >= 11 is 0. The molecule has 25 heavy (non-hydrogen) atoms. The first kappa shape index (κ1) is 17.6. The molecule has 0 saturated heterocycles. The first-order chi connectivity index (χ1) is 12.1. The standard InChI is InChI=1S/C22H26N2O/c1-4-24(16(2)3)15-21(25)19-12-8-11-18-13-14-20(23-22(18)19)17-9-6-5-7-10-17/h5-14,16,21,25H,4,15H2,1-3H3. The van der Waals surface area contributed by atoms with E-state index in [1.165, 1.54) is 0 Å². The minimum atomic E-state index is -0.551. The van der Waals surface area contributed by atoms with E-state index in [0.29, 0.717) is 12.6 Å². The van der Waals surface area contributed by atoms with Crippen LogP contribution in [0.4, 0.5) is 0 Å². The third-order valence-corrected chi connectivity index (χ3v) is 4.72. The van der Waals surface area contributed by atoms with Crippen molar-refractivity contribution in [2.45, 2.75) is 32.9 Å². The summed E-state index contributed by atoms with van der Waals surface area (Å²) in [6.45, 7) is 7.98. The summed E-state index contributed by atoms with van der Waals surface area (Å²) in [5, 5.41) is 11.9. The van der Waals surface area contributed by atoms with Crippen molar-refractivity contribution in [3.8, 4) is 11.3 Å². The van der Waals surface area contributed by atoms with Crippen LogP contribution in [-0.2, 0) is 0 Å². The molecule has 130 valence electrons. The summed E-state index contributed by atoms with van der Waals surface area (Å²) in [6.07, 6.45) is -0.551. The molecular formula is C22H26N2O. The number of aromatic nitrogens is 1. The third-order valence-electron chi connectivity index (χ3n) is 4.72. The van der Waals surface area contributed by atoms with Crippen LogP contribution in [-0.4, -0.2) is 34.1 Å². The van der Waals surface area contributed by atoms with Gasteiger partial charge in [-0.05, 0) is 26.5 Å². The number of nitrogens with zero attached hydrogens (tertiary/aromatic N) is 2. The molecule has 1 atom stereocenters. The molecule has 3 rings (SSSR count). The van der Waals surface area contributed by atoms with Crippen molar-refractivity contribution >= 4 is 10.9 Å². The predicted octanol–water partition coefficient (Wildman–Crippen LogP) is 4.67. The monoisotopic (exact) mass is 334 g/mol. The fourth-order valence-corrected chi connectivity index (χ4v) is 3.23. The smallest absolute Gasteiger partial charge is 0.0938 e. The van der Waals surface area contributed by atoms with Crippen molar-refractivity contribution in [3.63, 3.8) is 0 Å². The van der Waals surface area contributed by atoms with E-state index in [9.17, 15) is 5.11 Å². The molecule has 3 aromatic rings. The van der Waals surface area contributed by atoms with Gasteiger partial charge in [0.25, 0.3) is 0 Å². The molecule has 0 aliphatic carbocycles. The first-order valence-electron chi connectivity index (χ1n) is 8.97. The third kappa shape index (κ3) is 3.89. The van der Waals surface area contributed by atoms with E-state index in [4.69, 9.17) is 4.98 Å². The van der Waals surface area contributed by atoms with Crippen LogP contribution in [0.5, 0.6) is 0 Å². The molecule has 2 aromatic carbocycles. The lowest BCUT2D eigenvalue weighted by Crippen LogP contribution is -2.34. The van der Waals surface area contributed by atoms with E-state index in [0.717, 1.165) is 34.3 Å². The number of rotatable bonds is 6. The van der Waals surface area contributed by atoms with Crippen molar-refractivity contribution in [3.05, 3.63) is 66.2 Å². The second kappa shape index (κ2) is 7.77. The molecule has 0 spiro atoms. The average molecular weight is 334 g/mol. The summed E-state index contributed by atoms with van der Waals surface area (Å²) in [5.74, 6) is 0. The second-order valence-corrected chi connectivity index (χ2v) is 6.68. The summed E-state index contributed by atoms with van der Waals surface area (Å²) in [4.78, 5) is 7.13. The highest BCUT2D eigenvalue weighted by Gasteiger charge is 2.17. The van der Waals surface area contributed by atoms with E-state index in [1.54, 1.807) is 0 Å². The number of fused-ring (bicyclic) bond motifs is 1. The number of benzene rings is 2. The molecule has 0 aliphatic heterocycles. The van der Waals surface area contributed by atoms with Crippen molar-refractivity contribution in [2.24, 2.45) is 0 Å². The van der Waals surface area contributed by atoms with Crippen LogP contribution in [0.3, 0.4) is 0 Å². The second-order valence-electron chi connectivity index (χ2n) is 6.68. The van der Waals surface area contributed by atoms with Gasteiger partial charge in [-0.2, -0.15) is 0 Å². The van der Waals surface area contributed by atoms with Crippen molar-refractivity contribution in [2.75, 3.05) is 13.1 Å². The molecule has 0 fully saturated rings. The fourth-order valence-electron chi connectivity index (χ4n) is 3.23. The lowest BCUT2D eigenvalue weighted by atomic mass is 10.0. The van der Waals surface area contributed by atoms with Gasteiger partial charge in [-0.15, -0.1) is 0 Å². The van der Waals surface area contributed by atoms with Crippen LogP contribution in [0.2, 0.25) is 0 Å². The van der Waals surface area contributed by atoms with Crippen LogP contribution >= 0.6 is 0 Å². The zero-order chi connectivity index (χ0) is 17.8. The maximum absolute atomic E-state index is 10.8. The van der Waals surface area contributed by atoms with E-state index in [2.05, 4.69) is 43.9 Å². The van der Waals surface area contributed by atoms with Crippen molar-refractivity contribution < 1.29 is 5.11 Å². The van der Waals surface area contributed by atoms with Gasteiger partial charge in [0.15, 0.2) is 0 Å². The molecule has 0 radical (unpaired) electrons. The molecular weight excluding hydrogens is 308 g/mol. The minimum Gasteiger partial charge on any atom is -0.387 e. The summed E-state index contributed by atoms with van der Waals surface area (Å²) in [7, 11) is 0. The number of pyridine rings is 1. The van der Waals surface area contributed by atoms with Gasteiger partial charge in [0.1, 0.15) is 0 Å². The number of likely N-dealkylation sites (N-methyl/N-ethyl adjacent to an activating group) is 1. The molecule has 0 amide bonds. The molecule has 3 nitrogen and oxygen atoms in total. The Labute approximate surface area is 149 Å². The van der Waals surface area contributed by atoms with E-state index in [1.807, 2.05) is 42.5 Å². The van der Waals surface area contributed by atoms with Gasteiger partial charge in [-0.3, -0.25) is 4.90 Å². The molecule has 0 bridgehead atoms. The number of aliphatic hydroxyl groups excluding tert-OH is 1. The highest BCUT2D eigenvalue weighted by Crippen LogP contribution is 2.27. The molecule has 3 heteroatoms. The van der Waals surface area contributed by atoms with Crippen LogP contribution in [0.15, 0.2) is 60.7 Å². The fraction of sp³-hybridized carbons (Fsp3) is 0.318. The number of para-hydroxylation sites is 1. The van der Waals surface area contributed by atoms with Crippen LogP contribution in [0.1, 0.15) is 32.4 Å². The Bertz CT molecular complexity index is 830. The van der Waals surface area contributed by atoms with Crippen molar-refractivity contribution in [1.82, 2.24) is 9.88 Å². The predicted molar refractivity (Wildman–Crippen MR) is 105 cm³/mol. The number of hydrogen-bond donors (Lipinski definition) is 1. The molecule has 1 unspecified atom stereocenters. The summed E-state index contributed by atoms with van der Waals surface area (Å²) < 4.78 is 0. The molecule has 0 saturated carbocycles. The van der Waals surface area contributed by atoms with E-state index >= 15 is 0 Å². The van der Waals surface area contributed by atoms with Crippen LogP contribution < -0.4 is 0 Å². The Morgan fingerprint density at radius 1 is 0.960 bits per heavy atom. The molecule has 1 heterocycles. The SMILES string of the molecule is CCN(CC(O)c1cccc2ccc(-c3ccccc3)nc12)C(C)C. The summed E-state index contributed by atoms with van der Waals surface area (Å²) in [6, 6.07) is 20.7. The zero-order valence-corrected chi connectivity index (χ0v) is 15.2. The average Bonchev–Trinajstić information content (AvgIpc) is 2.65. The van der Waals surface area contributed by atoms with E-state index < -0.39 is 6.10 Å². The minimum absolute atomic E-state index is 0.405. The van der Waals surface area contributed by atoms with Gasteiger partial charge in [-0.1, -0.05) is 61.5 Å². The van der Waals surface area contributed by atoms with Gasteiger partial charge >= 0.3 is 0 Å². The maximum Gasteiger partial charge on any atom is 0.0938 e. The lowest BCUT2D eigenvalue weighted by Gasteiger charge is -2.27. The van der Waals surface area contributed by atoms with Crippen LogP contribution in [0.25, 0.3) is 22.2 Å². The van der Waals surface area contributed by atoms with Gasteiger partial charge in [-0.25, -0.2) is 4.98 Å². The number of hydrogen-bond acceptors (Lipinski definition) is 3. The van der Waals surface area contributed by atoms with Gasteiger partial charge in [0.05, 0.1) is 17.3 Å². The first-order valence-corrected chi connectivity index (χ1v) is 8.97. The molecule has 1 aromatic heterocycles. The quantitative estimate of drug-likeness (QED) is 0.712. The van der Waals surface area contributed by atoms with Crippen molar-refractivity contribution in [1.29, 1.82) is 0 Å². The normalized spacial score (nSPS) is 12.9. The lowest BCUT2D eigenvalue weighted by molar-refractivity contribution is 0.100. The molecule has 1 N–H and O–H groups in total. The molecule has 0 aliphatic rings. The van der Waals surface area contributed by atoms with Crippen LogP contribution in [0, 0.1) is 0 Å². The maximum atomic E-state index is 10.8. The Morgan fingerprint density at radius 3 is 2.40 bits per heavy atom. The van der Waals surface area contributed by atoms with E-state index in [-0.39, 0.29) is 0 Å². The Hall–Kier alpha value is -2.23. The highest BCUT2D eigenvalue weighted by atomic mass is 16.3. The highest BCUT2D eigenvalue weighted by molar-refractivity contribution is 5.84. The number of aliphatic hydroxyl groups is 1.